The first-order valence-corrected chi connectivity index (χ1v) is 7.53. The van der Waals surface area contributed by atoms with Crippen molar-refractivity contribution in [2.24, 2.45) is 10.9 Å². The molecule has 0 aromatic carbocycles. The predicted octanol–water partition coefficient (Wildman–Crippen LogP) is 1.78. The summed E-state index contributed by atoms with van der Waals surface area (Å²) in [5, 5.41) is 8.52. The number of aliphatic imine (C=N–C) groups is 1. The van der Waals surface area contributed by atoms with Crippen LogP contribution in [0.15, 0.2) is 9.52 Å². The summed E-state index contributed by atoms with van der Waals surface area (Å²) in [4.78, 5) is 8.77. The van der Waals surface area contributed by atoms with Crippen LogP contribution in [0.4, 0.5) is 0 Å². The molecule has 2 atom stereocenters. The number of thioether (sulfide) groups is 1. The van der Waals surface area contributed by atoms with Gasteiger partial charge in [0, 0.05) is 31.7 Å². The number of rotatable bonds is 3. The maximum absolute atomic E-state index is 4.93. The van der Waals surface area contributed by atoms with E-state index in [1.54, 1.807) is 6.92 Å². The van der Waals surface area contributed by atoms with Gasteiger partial charge in [-0.3, -0.25) is 4.99 Å². The third kappa shape index (κ3) is 2.68. The van der Waals surface area contributed by atoms with Crippen molar-refractivity contribution < 1.29 is 4.52 Å². The molecule has 6 heteroatoms. The summed E-state index contributed by atoms with van der Waals surface area (Å²) in [7, 11) is 0. The molecule has 0 radical (unpaired) electrons. The Labute approximate surface area is 111 Å². The van der Waals surface area contributed by atoms with Gasteiger partial charge in [0.05, 0.1) is 0 Å². The van der Waals surface area contributed by atoms with E-state index in [0.29, 0.717) is 11.9 Å². The molecule has 98 valence electrons. The summed E-state index contributed by atoms with van der Waals surface area (Å²) < 4.78 is 4.93. The first-order valence-electron chi connectivity index (χ1n) is 6.54. The number of aryl methyl sites for hydroxylation is 1. The molecule has 2 fully saturated rings. The van der Waals surface area contributed by atoms with Gasteiger partial charge in [-0.25, -0.2) is 0 Å². The predicted molar refractivity (Wildman–Crippen MR) is 71.8 cm³/mol. The molecule has 0 amide bonds. The van der Waals surface area contributed by atoms with E-state index in [9.17, 15) is 0 Å². The highest BCUT2D eigenvalue weighted by atomic mass is 32.2. The second kappa shape index (κ2) is 5.30. The summed E-state index contributed by atoms with van der Waals surface area (Å²) in [6.07, 6.45) is 4.78. The minimum absolute atomic E-state index is 0.622. The van der Waals surface area contributed by atoms with Crippen LogP contribution in [0.5, 0.6) is 0 Å². The van der Waals surface area contributed by atoms with Crippen molar-refractivity contribution in [1.82, 2.24) is 15.5 Å². The van der Waals surface area contributed by atoms with Crippen molar-refractivity contribution in [3.8, 4) is 0 Å². The zero-order valence-corrected chi connectivity index (χ0v) is 11.4. The molecule has 2 heterocycles. The number of nitrogens with one attached hydrogen (secondary N) is 1. The monoisotopic (exact) mass is 266 g/mol. The molecule has 0 spiro atoms. The van der Waals surface area contributed by atoms with Gasteiger partial charge in [0.1, 0.15) is 0 Å². The molecule has 3 rings (SSSR count). The van der Waals surface area contributed by atoms with Gasteiger partial charge in [-0.05, 0) is 18.8 Å². The van der Waals surface area contributed by atoms with E-state index in [-0.39, 0.29) is 0 Å². The third-order valence-electron chi connectivity index (χ3n) is 3.56. The number of hydrogen-bond acceptors (Lipinski definition) is 5. The van der Waals surface area contributed by atoms with Gasteiger partial charge >= 0.3 is 0 Å². The quantitative estimate of drug-likeness (QED) is 0.903. The van der Waals surface area contributed by atoms with Crippen molar-refractivity contribution in [3.05, 3.63) is 11.7 Å². The van der Waals surface area contributed by atoms with Crippen molar-refractivity contribution in [2.75, 3.05) is 12.3 Å². The molecule has 0 bridgehead atoms. The molecule has 1 aromatic heterocycles. The normalized spacial score (nSPS) is 29.3. The largest absolute Gasteiger partial charge is 0.362 e. The van der Waals surface area contributed by atoms with Crippen LogP contribution in [0.3, 0.4) is 0 Å². The van der Waals surface area contributed by atoms with Crippen LogP contribution in [0.1, 0.15) is 31.0 Å². The average molecular weight is 266 g/mol. The lowest BCUT2D eigenvalue weighted by molar-refractivity contribution is 0.387. The molecule has 1 saturated carbocycles. The van der Waals surface area contributed by atoms with Gasteiger partial charge in [0.25, 0.3) is 0 Å². The van der Waals surface area contributed by atoms with E-state index < -0.39 is 0 Å². The Bertz CT molecular complexity index is 445. The van der Waals surface area contributed by atoms with E-state index >= 15 is 0 Å². The Morgan fingerprint density at radius 2 is 2.44 bits per heavy atom. The minimum Gasteiger partial charge on any atom is -0.362 e. The van der Waals surface area contributed by atoms with Crippen molar-refractivity contribution in [1.29, 1.82) is 0 Å². The molecule has 2 aliphatic rings. The van der Waals surface area contributed by atoms with E-state index in [4.69, 9.17) is 4.52 Å². The minimum atomic E-state index is 0.622. The Balaban J connectivity index is 1.50. The average Bonchev–Trinajstić information content (AvgIpc) is 2.97. The molecule has 5 nitrogen and oxygen atoms in total. The zero-order valence-electron chi connectivity index (χ0n) is 10.6. The van der Waals surface area contributed by atoms with Gasteiger partial charge in [0.15, 0.2) is 11.0 Å². The first kappa shape index (κ1) is 12.0. The summed E-state index contributed by atoms with van der Waals surface area (Å²) in [6.45, 7) is 2.53. The van der Waals surface area contributed by atoms with Gasteiger partial charge in [-0.1, -0.05) is 23.3 Å². The molecular formula is C12H18N4OS. The number of nitrogens with zero attached hydrogens (tertiary/aromatic N) is 3. The van der Waals surface area contributed by atoms with Crippen LogP contribution in [0, 0.1) is 12.8 Å². The van der Waals surface area contributed by atoms with Crippen LogP contribution >= 0.6 is 11.8 Å². The van der Waals surface area contributed by atoms with Gasteiger partial charge in [-0.15, -0.1) is 0 Å². The fourth-order valence-electron chi connectivity index (χ4n) is 2.60. The number of aromatic nitrogens is 2. The van der Waals surface area contributed by atoms with Crippen LogP contribution < -0.4 is 5.32 Å². The highest BCUT2D eigenvalue weighted by Gasteiger charge is 2.31. The molecule has 18 heavy (non-hydrogen) atoms. The summed E-state index contributed by atoms with van der Waals surface area (Å²) >= 11 is 1.85. The Hall–Kier alpha value is -1.04. The molecule has 2 unspecified atom stereocenters. The Kier molecular flexibility index (Phi) is 3.54. The van der Waals surface area contributed by atoms with Crippen molar-refractivity contribution >= 4 is 16.9 Å². The summed E-state index contributed by atoms with van der Waals surface area (Å²) in [6, 6.07) is 0.664. The van der Waals surface area contributed by atoms with Crippen LogP contribution in [0.25, 0.3) is 0 Å². The fraction of sp³-hybridized carbons (Fsp3) is 0.750. The zero-order chi connectivity index (χ0) is 12.4. The van der Waals surface area contributed by atoms with Crippen molar-refractivity contribution in [3.63, 3.8) is 0 Å². The van der Waals surface area contributed by atoms with Crippen LogP contribution in [-0.4, -0.2) is 33.6 Å². The number of amidine groups is 1. The third-order valence-corrected chi connectivity index (χ3v) is 4.68. The molecule has 1 aromatic rings. The maximum atomic E-state index is 4.93. The Morgan fingerprint density at radius 3 is 3.28 bits per heavy atom. The fourth-order valence-corrected chi connectivity index (χ4v) is 3.79. The molecule has 1 aliphatic heterocycles. The first-order chi connectivity index (χ1) is 8.81. The lowest BCUT2D eigenvalue weighted by Gasteiger charge is -2.27. The second-order valence-electron chi connectivity index (χ2n) is 4.92. The second-order valence-corrected chi connectivity index (χ2v) is 5.93. The standard InChI is InChI=1S/C12H18N4OS/c1-8-14-11(16-17-8)5-6-13-12-15-10-4-2-3-9(10)7-18-12/h9-10H,2-7H2,1H3,(H,13,15). The topological polar surface area (TPSA) is 63.3 Å². The molecule has 1 aliphatic carbocycles. The summed E-state index contributed by atoms with van der Waals surface area (Å²) in [5.74, 6) is 3.44. The van der Waals surface area contributed by atoms with Crippen molar-refractivity contribution in [2.45, 2.75) is 38.6 Å². The lowest BCUT2D eigenvalue weighted by atomic mass is 10.1. The van der Waals surface area contributed by atoms with Gasteiger partial charge in [-0.2, -0.15) is 4.98 Å². The van der Waals surface area contributed by atoms with Crippen LogP contribution in [0.2, 0.25) is 0 Å². The van der Waals surface area contributed by atoms with E-state index in [1.807, 2.05) is 11.8 Å². The van der Waals surface area contributed by atoms with E-state index in [2.05, 4.69) is 20.4 Å². The molecule has 1 N–H and O–H groups in total. The van der Waals surface area contributed by atoms with Crippen LogP contribution in [-0.2, 0) is 6.42 Å². The maximum Gasteiger partial charge on any atom is 0.223 e. The lowest BCUT2D eigenvalue weighted by Crippen LogP contribution is -2.41. The smallest absolute Gasteiger partial charge is 0.223 e. The van der Waals surface area contributed by atoms with E-state index in [0.717, 1.165) is 29.9 Å². The molecular weight excluding hydrogens is 248 g/mol. The highest BCUT2D eigenvalue weighted by molar-refractivity contribution is 8.13. The Morgan fingerprint density at radius 1 is 1.50 bits per heavy atom. The number of hydrogen-bond donors (Lipinski definition) is 1. The highest BCUT2D eigenvalue weighted by Crippen LogP contribution is 2.32. The SMILES string of the molecule is Cc1nc(CCN=C2NC3CCCC3CS2)no1. The molecule has 1 saturated heterocycles. The number of fused-ring (bicyclic) bond motifs is 1. The van der Waals surface area contributed by atoms with Gasteiger partial charge in [0.2, 0.25) is 5.89 Å². The van der Waals surface area contributed by atoms with Gasteiger partial charge < -0.3 is 9.84 Å². The summed E-state index contributed by atoms with van der Waals surface area (Å²) in [5.41, 5.74) is 0. The van der Waals surface area contributed by atoms with E-state index in [1.165, 1.54) is 25.0 Å².